The standard InChI is InChI=1S/C18H23NO3/c1-3-5-12-17(20)19-14-16(15-10-8-7-9-11-15)22-18(21)13-6-4-2/h3-4,7-11,16H,1-2,5-6,12-14H2,(H,19,20)/t16-/m1/s1. The lowest BCUT2D eigenvalue weighted by Crippen LogP contribution is -2.30. The van der Waals surface area contributed by atoms with Crippen molar-refractivity contribution in [2.75, 3.05) is 6.54 Å². The summed E-state index contributed by atoms with van der Waals surface area (Å²) in [6, 6.07) is 9.39. The second-order valence-electron chi connectivity index (χ2n) is 4.85. The molecule has 1 aromatic carbocycles. The molecule has 0 bridgehead atoms. The predicted octanol–water partition coefficient (Wildman–Crippen LogP) is 3.32. The fourth-order valence-electron chi connectivity index (χ4n) is 1.86. The van der Waals surface area contributed by atoms with Crippen LogP contribution in [0, 0.1) is 0 Å². The zero-order valence-electron chi connectivity index (χ0n) is 12.8. The second-order valence-corrected chi connectivity index (χ2v) is 4.85. The average molecular weight is 301 g/mol. The molecular weight excluding hydrogens is 278 g/mol. The molecule has 1 amide bonds. The summed E-state index contributed by atoms with van der Waals surface area (Å²) in [6.07, 6.45) is 4.77. The molecule has 118 valence electrons. The molecule has 0 aliphatic heterocycles. The maximum Gasteiger partial charge on any atom is 0.306 e. The van der Waals surface area contributed by atoms with Crippen molar-refractivity contribution in [3.8, 4) is 0 Å². The van der Waals surface area contributed by atoms with Gasteiger partial charge in [-0.3, -0.25) is 9.59 Å². The molecule has 0 spiro atoms. The number of hydrogen-bond acceptors (Lipinski definition) is 3. The molecule has 1 N–H and O–H groups in total. The van der Waals surface area contributed by atoms with Crippen LogP contribution in [0.5, 0.6) is 0 Å². The Labute approximate surface area is 131 Å². The van der Waals surface area contributed by atoms with Crippen LogP contribution < -0.4 is 5.32 Å². The molecule has 1 rings (SSSR count). The summed E-state index contributed by atoms with van der Waals surface area (Å²) in [4.78, 5) is 23.5. The van der Waals surface area contributed by atoms with Crippen LogP contribution in [0.25, 0.3) is 0 Å². The number of hydrogen-bond donors (Lipinski definition) is 1. The topological polar surface area (TPSA) is 55.4 Å². The lowest BCUT2D eigenvalue weighted by atomic mass is 10.1. The Bertz CT molecular complexity index is 496. The lowest BCUT2D eigenvalue weighted by Gasteiger charge is -2.19. The van der Waals surface area contributed by atoms with Gasteiger partial charge in [-0.05, 0) is 18.4 Å². The summed E-state index contributed by atoms with van der Waals surface area (Å²) >= 11 is 0. The van der Waals surface area contributed by atoms with Crippen LogP contribution in [0.4, 0.5) is 0 Å². The van der Waals surface area contributed by atoms with Crippen LogP contribution in [0.15, 0.2) is 55.6 Å². The number of rotatable bonds is 10. The Kier molecular flexibility index (Phi) is 8.35. The Morgan fingerprint density at radius 2 is 1.73 bits per heavy atom. The second kappa shape index (κ2) is 10.4. The predicted molar refractivity (Wildman–Crippen MR) is 87.1 cm³/mol. The molecular formula is C18H23NO3. The molecule has 0 radical (unpaired) electrons. The van der Waals surface area contributed by atoms with Crippen LogP contribution in [0.1, 0.15) is 37.4 Å². The maximum atomic E-state index is 11.8. The summed E-state index contributed by atoms with van der Waals surface area (Å²) in [5, 5.41) is 2.79. The van der Waals surface area contributed by atoms with Gasteiger partial charge in [0.2, 0.25) is 5.91 Å². The van der Waals surface area contributed by atoms with Gasteiger partial charge in [0.15, 0.2) is 0 Å². The summed E-state index contributed by atoms with van der Waals surface area (Å²) in [5.41, 5.74) is 0.860. The molecule has 4 nitrogen and oxygen atoms in total. The van der Waals surface area contributed by atoms with Crippen LogP contribution in [-0.4, -0.2) is 18.4 Å². The number of carbonyl (C=O) groups is 2. The van der Waals surface area contributed by atoms with Crippen molar-refractivity contribution in [1.82, 2.24) is 5.32 Å². The first-order chi connectivity index (χ1) is 10.7. The summed E-state index contributed by atoms with van der Waals surface area (Å²) in [6.45, 7) is 7.43. The minimum atomic E-state index is -0.480. The Morgan fingerprint density at radius 1 is 1.09 bits per heavy atom. The van der Waals surface area contributed by atoms with Crippen LogP contribution in [-0.2, 0) is 14.3 Å². The number of amides is 1. The van der Waals surface area contributed by atoms with Crippen molar-refractivity contribution in [3.05, 3.63) is 61.2 Å². The van der Waals surface area contributed by atoms with E-state index in [0.29, 0.717) is 19.3 Å². The molecule has 0 saturated carbocycles. The molecule has 0 aromatic heterocycles. The number of allylic oxidation sites excluding steroid dienone is 2. The first kappa shape index (κ1) is 17.7. The number of benzene rings is 1. The number of nitrogens with one attached hydrogen (secondary N) is 1. The summed E-state index contributed by atoms with van der Waals surface area (Å²) < 4.78 is 5.47. The Morgan fingerprint density at radius 3 is 2.36 bits per heavy atom. The van der Waals surface area contributed by atoms with Crippen LogP contribution in [0.2, 0.25) is 0 Å². The molecule has 0 aliphatic rings. The molecule has 22 heavy (non-hydrogen) atoms. The van der Waals surface area contributed by atoms with Crippen molar-refractivity contribution < 1.29 is 14.3 Å². The zero-order chi connectivity index (χ0) is 16.2. The van der Waals surface area contributed by atoms with Gasteiger partial charge in [0.25, 0.3) is 0 Å². The fraction of sp³-hybridized carbons (Fsp3) is 0.333. The number of esters is 1. The largest absolute Gasteiger partial charge is 0.456 e. The van der Waals surface area contributed by atoms with Gasteiger partial charge in [-0.15, -0.1) is 13.2 Å². The number of ether oxygens (including phenoxy) is 1. The van der Waals surface area contributed by atoms with Crippen molar-refractivity contribution in [1.29, 1.82) is 0 Å². The van der Waals surface area contributed by atoms with Crippen molar-refractivity contribution >= 4 is 11.9 Å². The quantitative estimate of drug-likeness (QED) is 0.533. The van der Waals surface area contributed by atoms with Gasteiger partial charge < -0.3 is 10.1 Å². The van der Waals surface area contributed by atoms with E-state index in [1.807, 2.05) is 30.3 Å². The highest BCUT2D eigenvalue weighted by molar-refractivity contribution is 5.76. The van der Waals surface area contributed by atoms with Crippen molar-refractivity contribution in [2.45, 2.75) is 31.8 Å². The first-order valence-corrected chi connectivity index (χ1v) is 7.40. The van der Waals surface area contributed by atoms with Gasteiger partial charge in [0.1, 0.15) is 6.10 Å². The molecule has 0 heterocycles. The van der Waals surface area contributed by atoms with Crippen molar-refractivity contribution in [2.24, 2.45) is 0 Å². The van der Waals surface area contributed by atoms with E-state index in [0.717, 1.165) is 5.56 Å². The summed E-state index contributed by atoms with van der Waals surface area (Å²) in [7, 11) is 0. The van der Waals surface area contributed by atoms with E-state index in [-0.39, 0.29) is 24.8 Å². The molecule has 1 aromatic rings. The van der Waals surface area contributed by atoms with Gasteiger partial charge >= 0.3 is 5.97 Å². The molecule has 0 aliphatic carbocycles. The first-order valence-electron chi connectivity index (χ1n) is 7.40. The Balaban J connectivity index is 2.62. The minimum Gasteiger partial charge on any atom is -0.456 e. The van der Waals surface area contributed by atoms with E-state index >= 15 is 0 Å². The maximum absolute atomic E-state index is 11.8. The minimum absolute atomic E-state index is 0.0806. The third kappa shape index (κ3) is 6.88. The molecule has 4 heteroatoms. The van der Waals surface area contributed by atoms with Crippen LogP contribution in [0.3, 0.4) is 0 Å². The van der Waals surface area contributed by atoms with Crippen molar-refractivity contribution in [3.63, 3.8) is 0 Å². The zero-order valence-corrected chi connectivity index (χ0v) is 12.8. The molecule has 0 unspecified atom stereocenters. The summed E-state index contributed by atoms with van der Waals surface area (Å²) in [5.74, 6) is -0.378. The monoisotopic (exact) mass is 301 g/mol. The fourth-order valence-corrected chi connectivity index (χ4v) is 1.86. The molecule has 0 fully saturated rings. The van der Waals surface area contributed by atoms with E-state index in [4.69, 9.17) is 4.74 Å². The smallest absolute Gasteiger partial charge is 0.306 e. The van der Waals surface area contributed by atoms with Gasteiger partial charge in [0, 0.05) is 12.8 Å². The third-order valence-corrected chi connectivity index (χ3v) is 3.06. The molecule has 1 atom stereocenters. The van der Waals surface area contributed by atoms with Gasteiger partial charge in [-0.1, -0.05) is 42.5 Å². The highest BCUT2D eigenvalue weighted by Gasteiger charge is 2.17. The number of carbonyl (C=O) groups excluding carboxylic acids is 2. The third-order valence-electron chi connectivity index (χ3n) is 3.06. The van der Waals surface area contributed by atoms with E-state index in [2.05, 4.69) is 18.5 Å². The van der Waals surface area contributed by atoms with Gasteiger partial charge in [0.05, 0.1) is 6.54 Å². The lowest BCUT2D eigenvalue weighted by molar-refractivity contribution is -0.149. The highest BCUT2D eigenvalue weighted by Crippen LogP contribution is 2.17. The SMILES string of the molecule is C=CCCC(=O)NC[C@@H](OC(=O)CCC=C)c1ccccc1. The van der Waals surface area contributed by atoms with Gasteiger partial charge in [-0.2, -0.15) is 0 Å². The van der Waals surface area contributed by atoms with E-state index in [1.54, 1.807) is 12.2 Å². The normalized spacial score (nSPS) is 11.3. The van der Waals surface area contributed by atoms with E-state index < -0.39 is 6.10 Å². The highest BCUT2D eigenvalue weighted by atomic mass is 16.5. The van der Waals surface area contributed by atoms with E-state index in [9.17, 15) is 9.59 Å². The molecule has 0 saturated heterocycles. The Hall–Kier alpha value is -2.36. The average Bonchev–Trinajstić information content (AvgIpc) is 2.55. The van der Waals surface area contributed by atoms with Crippen LogP contribution >= 0.6 is 0 Å². The van der Waals surface area contributed by atoms with E-state index in [1.165, 1.54) is 0 Å². The van der Waals surface area contributed by atoms with Gasteiger partial charge in [-0.25, -0.2) is 0 Å².